The number of hydrogen-bond donors (Lipinski definition) is 7. The van der Waals surface area contributed by atoms with E-state index in [1.165, 1.54) is 6.92 Å². The van der Waals surface area contributed by atoms with E-state index >= 15 is 0 Å². The largest absolute Gasteiger partial charge is 0.480 e. The molecule has 0 aromatic heterocycles. The zero-order valence-electron chi connectivity index (χ0n) is 15.9. The van der Waals surface area contributed by atoms with Crippen LogP contribution in [-0.4, -0.2) is 70.4 Å². The maximum Gasteiger partial charge on any atom is 0.328 e. The Bertz CT molecular complexity index is 718. The summed E-state index contributed by atoms with van der Waals surface area (Å²) in [6.45, 7) is 0.540. The molecule has 0 radical (unpaired) electrons. The van der Waals surface area contributed by atoms with Gasteiger partial charge in [-0.25, -0.2) is 4.79 Å². The fourth-order valence-electron chi connectivity index (χ4n) is 2.30. The molecule has 11 heteroatoms. The van der Waals surface area contributed by atoms with Crippen LogP contribution in [0.4, 0.5) is 0 Å². The Morgan fingerprint density at radius 3 is 2.10 bits per heavy atom. The van der Waals surface area contributed by atoms with Gasteiger partial charge in [0, 0.05) is 5.75 Å². The standard InChI is InChI=1S/C18H26N4O6S/c1-10(15(24)21-13(8-23)18(27)28)20-17(26)14(9-29)22-16(25)12(19)7-11-5-3-2-4-6-11/h2-6,10,12-14,23,29H,7-9,19H2,1H3,(H,20,26)(H,21,24)(H,22,25)(H,27,28). The molecule has 0 fully saturated rings. The first kappa shape index (κ1) is 24.4. The van der Waals surface area contributed by atoms with Gasteiger partial charge in [-0.15, -0.1) is 0 Å². The number of carbonyl (C=O) groups excluding carboxylic acids is 3. The first-order valence-corrected chi connectivity index (χ1v) is 9.48. The molecule has 0 spiro atoms. The van der Waals surface area contributed by atoms with Crippen LogP contribution in [0, 0.1) is 0 Å². The Balaban J connectivity index is 2.60. The van der Waals surface area contributed by atoms with Crippen LogP contribution in [-0.2, 0) is 25.6 Å². The molecular formula is C18H26N4O6S. The van der Waals surface area contributed by atoms with Gasteiger partial charge in [-0.3, -0.25) is 14.4 Å². The molecule has 0 heterocycles. The summed E-state index contributed by atoms with van der Waals surface area (Å²) in [7, 11) is 0. The first-order chi connectivity index (χ1) is 13.7. The van der Waals surface area contributed by atoms with Crippen molar-refractivity contribution in [3.05, 3.63) is 35.9 Å². The van der Waals surface area contributed by atoms with Crippen LogP contribution >= 0.6 is 12.6 Å². The van der Waals surface area contributed by atoms with Gasteiger partial charge < -0.3 is 31.9 Å². The molecule has 0 aliphatic heterocycles. The molecule has 3 amide bonds. The second-order valence-electron chi connectivity index (χ2n) is 6.35. The normalized spacial score (nSPS) is 14.8. The van der Waals surface area contributed by atoms with Crippen molar-refractivity contribution in [3.63, 3.8) is 0 Å². The lowest BCUT2D eigenvalue weighted by atomic mass is 10.1. The van der Waals surface area contributed by atoms with Gasteiger partial charge in [-0.05, 0) is 18.9 Å². The number of carboxylic acids is 1. The van der Waals surface area contributed by atoms with E-state index in [4.69, 9.17) is 15.9 Å². The summed E-state index contributed by atoms with van der Waals surface area (Å²) in [4.78, 5) is 47.4. The van der Waals surface area contributed by atoms with Crippen LogP contribution in [0.15, 0.2) is 30.3 Å². The molecule has 0 bridgehead atoms. The molecule has 29 heavy (non-hydrogen) atoms. The number of carboxylic acid groups (broad SMARTS) is 1. The van der Waals surface area contributed by atoms with Crippen LogP contribution in [0.5, 0.6) is 0 Å². The van der Waals surface area contributed by atoms with Crippen molar-refractivity contribution < 1.29 is 29.4 Å². The van der Waals surface area contributed by atoms with Crippen molar-refractivity contribution in [1.82, 2.24) is 16.0 Å². The minimum Gasteiger partial charge on any atom is -0.480 e. The summed E-state index contributed by atoms with van der Waals surface area (Å²) in [5.41, 5.74) is 6.75. The van der Waals surface area contributed by atoms with Crippen molar-refractivity contribution in [2.45, 2.75) is 37.5 Å². The highest BCUT2D eigenvalue weighted by atomic mass is 32.1. The molecule has 0 aliphatic carbocycles. The van der Waals surface area contributed by atoms with E-state index in [0.29, 0.717) is 0 Å². The van der Waals surface area contributed by atoms with E-state index in [1.807, 2.05) is 30.3 Å². The highest BCUT2D eigenvalue weighted by molar-refractivity contribution is 7.80. The topological polar surface area (TPSA) is 171 Å². The Morgan fingerprint density at radius 2 is 1.59 bits per heavy atom. The fourth-order valence-corrected chi connectivity index (χ4v) is 2.55. The summed E-state index contributed by atoms with van der Waals surface area (Å²) in [5, 5.41) is 24.7. The van der Waals surface area contributed by atoms with Crippen LogP contribution < -0.4 is 21.7 Å². The number of hydrogen-bond acceptors (Lipinski definition) is 7. The second-order valence-corrected chi connectivity index (χ2v) is 6.72. The van der Waals surface area contributed by atoms with Crippen LogP contribution in [0.25, 0.3) is 0 Å². The molecule has 0 saturated carbocycles. The number of aliphatic carboxylic acids is 1. The SMILES string of the molecule is CC(NC(=O)C(CS)NC(=O)C(N)Cc1ccccc1)C(=O)NC(CO)C(=O)O. The average Bonchev–Trinajstić information content (AvgIpc) is 2.69. The Kier molecular flexibility index (Phi) is 10.1. The van der Waals surface area contributed by atoms with Crippen molar-refractivity contribution in [3.8, 4) is 0 Å². The molecule has 4 atom stereocenters. The van der Waals surface area contributed by atoms with Gasteiger partial charge in [0.15, 0.2) is 0 Å². The predicted molar refractivity (Wildman–Crippen MR) is 108 cm³/mol. The third-order valence-electron chi connectivity index (χ3n) is 4.00. The van der Waals surface area contributed by atoms with Gasteiger partial charge in [0.25, 0.3) is 0 Å². The van der Waals surface area contributed by atoms with E-state index < -0.39 is 54.5 Å². The Hall–Kier alpha value is -2.63. The molecule has 10 nitrogen and oxygen atoms in total. The van der Waals surface area contributed by atoms with Gasteiger partial charge in [0.2, 0.25) is 17.7 Å². The van der Waals surface area contributed by atoms with E-state index in [0.717, 1.165) is 5.56 Å². The van der Waals surface area contributed by atoms with E-state index in [9.17, 15) is 19.2 Å². The monoisotopic (exact) mass is 426 g/mol. The summed E-state index contributed by atoms with van der Waals surface area (Å²) < 4.78 is 0. The number of nitrogens with two attached hydrogens (primary N) is 1. The zero-order valence-corrected chi connectivity index (χ0v) is 16.8. The van der Waals surface area contributed by atoms with Gasteiger partial charge >= 0.3 is 5.97 Å². The maximum atomic E-state index is 12.3. The average molecular weight is 426 g/mol. The van der Waals surface area contributed by atoms with Crippen LogP contribution in [0.2, 0.25) is 0 Å². The lowest BCUT2D eigenvalue weighted by Crippen LogP contribution is -2.57. The van der Waals surface area contributed by atoms with Gasteiger partial charge in [-0.1, -0.05) is 30.3 Å². The van der Waals surface area contributed by atoms with E-state index in [-0.39, 0.29) is 12.2 Å². The summed E-state index contributed by atoms with van der Waals surface area (Å²) in [5.74, 6) is -3.49. The van der Waals surface area contributed by atoms with Crippen molar-refractivity contribution in [2.24, 2.45) is 5.73 Å². The van der Waals surface area contributed by atoms with Crippen molar-refractivity contribution in [1.29, 1.82) is 0 Å². The highest BCUT2D eigenvalue weighted by Gasteiger charge is 2.27. The van der Waals surface area contributed by atoms with E-state index in [2.05, 4.69) is 28.6 Å². The number of rotatable bonds is 11. The number of carbonyl (C=O) groups is 4. The fraction of sp³-hybridized carbons (Fsp3) is 0.444. The zero-order chi connectivity index (χ0) is 22.0. The number of aliphatic hydroxyl groups excluding tert-OH is 1. The van der Waals surface area contributed by atoms with Gasteiger partial charge in [-0.2, -0.15) is 12.6 Å². The molecule has 1 aromatic carbocycles. The van der Waals surface area contributed by atoms with Crippen LogP contribution in [0.1, 0.15) is 12.5 Å². The molecule has 1 aromatic rings. The lowest BCUT2D eigenvalue weighted by Gasteiger charge is -2.22. The third-order valence-corrected chi connectivity index (χ3v) is 4.37. The van der Waals surface area contributed by atoms with Gasteiger partial charge in [0.05, 0.1) is 12.6 Å². The summed E-state index contributed by atoms with van der Waals surface area (Å²) in [6, 6.07) is 4.62. The number of amides is 3. The quantitative estimate of drug-likeness (QED) is 0.201. The minimum absolute atomic E-state index is 0.0433. The predicted octanol–water partition coefficient (Wildman–Crippen LogP) is -1.96. The molecule has 0 saturated heterocycles. The number of benzene rings is 1. The molecule has 1 rings (SSSR count). The smallest absolute Gasteiger partial charge is 0.328 e. The van der Waals surface area contributed by atoms with Crippen LogP contribution in [0.3, 0.4) is 0 Å². The Labute approximate surface area is 173 Å². The first-order valence-electron chi connectivity index (χ1n) is 8.84. The number of thiol groups is 1. The number of nitrogens with one attached hydrogen (secondary N) is 3. The molecule has 0 aliphatic rings. The van der Waals surface area contributed by atoms with Gasteiger partial charge in [0.1, 0.15) is 18.1 Å². The summed E-state index contributed by atoms with van der Waals surface area (Å²) >= 11 is 4.04. The molecule has 160 valence electrons. The molecule has 4 unspecified atom stereocenters. The second kappa shape index (κ2) is 12.0. The maximum absolute atomic E-state index is 12.3. The highest BCUT2D eigenvalue weighted by Crippen LogP contribution is 2.02. The minimum atomic E-state index is -1.49. The number of aliphatic hydroxyl groups is 1. The lowest BCUT2D eigenvalue weighted by molar-refractivity contribution is -0.143. The van der Waals surface area contributed by atoms with Crippen molar-refractivity contribution >= 4 is 36.3 Å². The van der Waals surface area contributed by atoms with Crippen molar-refractivity contribution in [2.75, 3.05) is 12.4 Å². The Morgan fingerprint density at radius 1 is 1.00 bits per heavy atom. The third kappa shape index (κ3) is 8.10. The molecular weight excluding hydrogens is 400 g/mol. The summed E-state index contributed by atoms with van der Waals surface area (Å²) in [6.07, 6.45) is 0.282. The van der Waals surface area contributed by atoms with E-state index in [1.54, 1.807) is 0 Å². The molecule has 7 N–H and O–H groups in total.